The van der Waals surface area contributed by atoms with Gasteiger partial charge < -0.3 is 14.7 Å². The number of aliphatic hydroxyl groups is 1. The summed E-state index contributed by atoms with van der Waals surface area (Å²) in [7, 11) is 0. The fourth-order valence-corrected chi connectivity index (χ4v) is 3.19. The maximum absolute atomic E-state index is 10.0. The minimum Gasteiger partial charge on any atom is -0.389 e. The summed E-state index contributed by atoms with van der Waals surface area (Å²) in [6.07, 6.45) is 6.36. The zero-order valence-corrected chi connectivity index (χ0v) is 12.0. The molecular weight excluding hydrogens is 226 g/mol. The highest BCUT2D eigenvalue weighted by molar-refractivity contribution is 4.76. The molecule has 1 saturated carbocycles. The van der Waals surface area contributed by atoms with Gasteiger partial charge in [0.05, 0.1) is 18.8 Å². The average molecular weight is 255 g/mol. The molecule has 106 valence electrons. The van der Waals surface area contributed by atoms with Gasteiger partial charge >= 0.3 is 0 Å². The predicted molar refractivity (Wildman–Crippen MR) is 73.6 cm³/mol. The van der Waals surface area contributed by atoms with Crippen LogP contribution in [0.5, 0.6) is 0 Å². The number of aliphatic hydroxyl groups excluding tert-OH is 1. The molecule has 0 radical (unpaired) electrons. The van der Waals surface area contributed by atoms with Gasteiger partial charge in [-0.3, -0.25) is 0 Å². The number of piperidine rings is 1. The van der Waals surface area contributed by atoms with Crippen LogP contribution in [0.15, 0.2) is 0 Å². The molecule has 1 heterocycles. The van der Waals surface area contributed by atoms with Crippen molar-refractivity contribution >= 4 is 0 Å². The Morgan fingerprint density at radius 1 is 1.17 bits per heavy atom. The zero-order valence-electron chi connectivity index (χ0n) is 12.0. The van der Waals surface area contributed by atoms with Crippen LogP contribution >= 0.6 is 0 Å². The van der Waals surface area contributed by atoms with Crippen LogP contribution in [0.1, 0.15) is 46.0 Å². The molecule has 18 heavy (non-hydrogen) atoms. The molecule has 2 fully saturated rings. The number of ether oxygens (including phenoxy) is 1. The van der Waals surface area contributed by atoms with Crippen molar-refractivity contribution in [3.05, 3.63) is 0 Å². The van der Waals surface area contributed by atoms with Gasteiger partial charge in [-0.25, -0.2) is 0 Å². The van der Waals surface area contributed by atoms with Crippen molar-refractivity contribution in [2.45, 2.75) is 58.2 Å². The minimum absolute atomic E-state index is 0.314. The van der Waals surface area contributed by atoms with Gasteiger partial charge in [-0.2, -0.15) is 0 Å². The van der Waals surface area contributed by atoms with Crippen LogP contribution in [0.4, 0.5) is 0 Å². The fraction of sp³-hybridized carbons (Fsp3) is 1.00. The maximum Gasteiger partial charge on any atom is 0.0900 e. The Morgan fingerprint density at radius 3 is 2.50 bits per heavy atom. The Morgan fingerprint density at radius 2 is 1.89 bits per heavy atom. The lowest BCUT2D eigenvalue weighted by Gasteiger charge is -2.32. The normalized spacial score (nSPS) is 32.8. The largest absolute Gasteiger partial charge is 0.389 e. The zero-order chi connectivity index (χ0) is 13.0. The van der Waals surface area contributed by atoms with Crippen molar-refractivity contribution in [1.82, 2.24) is 4.90 Å². The smallest absolute Gasteiger partial charge is 0.0900 e. The van der Waals surface area contributed by atoms with Gasteiger partial charge in [0.25, 0.3) is 0 Å². The van der Waals surface area contributed by atoms with Gasteiger partial charge in [-0.15, -0.1) is 0 Å². The van der Waals surface area contributed by atoms with Crippen molar-refractivity contribution in [1.29, 1.82) is 0 Å². The van der Waals surface area contributed by atoms with Crippen LogP contribution < -0.4 is 0 Å². The summed E-state index contributed by atoms with van der Waals surface area (Å²) in [5, 5.41) is 10.0. The van der Waals surface area contributed by atoms with Crippen molar-refractivity contribution < 1.29 is 9.84 Å². The molecule has 0 amide bonds. The third-order valence-corrected chi connectivity index (χ3v) is 4.63. The lowest BCUT2D eigenvalue weighted by molar-refractivity contribution is -0.0341. The highest BCUT2D eigenvalue weighted by Gasteiger charge is 2.25. The molecule has 1 saturated heterocycles. The van der Waals surface area contributed by atoms with E-state index in [0.717, 1.165) is 25.6 Å². The molecule has 0 aromatic rings. The van der Waals surface area contributed by atoms with E-state index in [9.17, 15) is 5.11 Å². The van der Waals surface area contributed by atoms with E-state index in [1.54, 1.807) is 0 Å². The Bertz CT molecular complexity index is 239. The van der Waals surface area contributed by atoms with Crippen LogP contribution in [0.3, 0.4) is 0 Å². The molecule has 1 aliphatic carbocycles. The Balaban J connectivity index is 1.61. The monoisotopic (exact) mass is 255 g/mol. The summed E-state index contributed by atoms with van der Waals surface area (Å²) >= 11 is 0. The molecule has 0 bridgehead atoms. The molecule has 3 atom stereocenters. The number of rotatable bonds is 5. The van der Waals surface area contributed by atoms with Crippen LogP contribution in [0.2, 0.25) is 0 Å². The highest BCUT2D eigenvalue weighted by atomic mass is 16.5. The summed E-state index contributed by atoms with van der Waals surface area (Å²) in [6.45, 7) is 8.15. The standard InChI is InChI=1S/C15H29NO2/c1-12-6-8-16(9-7-12)10-14(17)11-18-15-5-3-4-13(15)2/h12-15,17H,3-11H2,1-2H3. The van der Waals surface area contributed by atoms with E-state index >= 15 is 0 Å². The fourth-order valence-electron chi connectivity index (χ4n) is 3.19. The van der Waals surface area contributed by atoms with Gasteiger partial charge in [0.15, 0.2) is 0 Å². The van der Waals surface area contributed by atoms with E-state index in [0.29, 0.717) is 18.6 Å². The second-order valence-corrected chi connectivity index (χ2v) is 6.42. The number of nitrogens with zero attached hydrogens (tertiary/aromatic N) is 1. The molecule has 3 nitrogen and oxygen atoms in total. The van der Waals surface area contributed by atoms with E-state index in [1.807, 2.05) is 0 Å². The predicted octanol–water partition coefficient (Wildman–Crippen LogP) is 2.28. The summed E-state index contributed by atoms with van der Waals surface area (Å²) in [4.78, 5) is 2.38. The molecule has 0 spiro atoms. The first-order valence-corrected chi connectivity index (χ1v) is 7.67. The first kappa shape index (κ1) is 14.3. The molecule has 3 heteroatoms. The Labute approximate surface area is 112 Å². The molecule has 1 N–H and O–H groups in total. The first-order valence-electron chi connectivity index (χ1n) is 7.67. The number of β-amino-alcohol motifs (C(OH)–C–C–N with tert-alkyl or cyclic N) is 1. The van der Waals surface area contributed by atoms with Crippen LogP contribution in [-0.4, -0.2) is 48.5 Å². The van der Waals surface area contributed by atoms with Gasteiger partial charge in [-0.05, 0) is 50.6 Å². The SMILES string of the molecule is CC1CCN(CC(O)COC2CCCC2C)CC1. The molecule has 2 aliphatic rings. The van der Waals surface area contributed by atoms with Crippen molar-refractivity contribution in [3.63, 3.8) is 0 Å². The van der Waals surface area contributed by atoms with Crippen molar-refractivity contribution in [3.8, 4) is 0 Å². The van der Waals surface area contributed by atoms with E-state index < -0.39 is 0 Å². The summed E-state index contributed by atoms with van der Waals surface area (Å²) in [6, 6.07) is 0. The van der Waals surface area contributed by atoms with Crippen molar-refractivity contribution in [2.75, 3.05) is 26.2 Å². The van der Waals surface area contributed by atoms with Gasteiger partial charge in [-0.1, -0.05) is 20.3 Å². The molecule has 0 aromatic carbocycles. The van der Waals surface area contributed by atoms with Gasteiger partial charge in [0, 0.05) is 6.54 Å². The molecule has 3 unspecified atom stereocenters. The van der Waals surface area contributed by atoms with E-state index in [4.69, 9.17) is 4.74 Å². The number of likely N-dealkylation sites (tertiary alicyclic amines) is 1. The van der Waals surface area contributed by atoms with Crippen LogP contribution in [0.25, 0.3) is 0 Å². The first-order chi connectivity index (χ1) is 8.65. The number of hydrogen-bond acceptors (Lipinski definition) is 3. The molecular formula is C15H29NO2. The topological polar surface area (TPSA) is 32.7 Å². The van der Waals surface area contributed by atoms with Crippen LogP contribution in [0, 0.1) is 11.8 Å². The van der Waals surface area contributed by atoms with Gasteiger partial charge in [0.1, 0.15) is 0 Å². The van der Waals surface area contributed by atoms with Crippen LogP contribution in [-0.2, 0) is 4.74 Å². The third kappa shape index (κ3) is 4.22. The molecule has 1 aliphatic heterocycles. The average Bonchev–Trinajstić information content (AvgIpc) is 2.75. The molecule has 2 rings (SSSR count). The number of hydrogen-bond donors (Lipinski definition) is 1. The summed E-state index contributed by atoms with van der Waals surface area (Å²) in [5.41, 5.74) is 0. The Hall–Kier alpha value is -0.120. The minimum atomic E-state index is -0.314. The van der Waals surface area contributed by atoms with E-state index in [2.05, 4.69) is 18.7 Å². The summed E-state index contributed by atoms with van der Waals surface area (Å²) in [5.74, 6) is 1.53. The highest BCUT2D eigenvalue weighted by Crippen LogP contribution is 2.27. The summed E-state index contributed by atoms with van der Waals surface area (Å²) < 4.78 is 5.86. The van der Waals surface area contributed by atoms with Crippen molar-refractivity contribution in [2.24, 2.45) is 11.8 Å². The second-order valence-electron chi connectivity index (χ2n) is 6.42. The Kier molecular flexibility index (Phi) is 5.46. The second kappa shape index (κ2) is 6.88. The van der Waals surface area contributed by atoms with Gasteiger partial charge in [0.2, 0.25) is 0 Å². The lowest BCUT2D eigenvalue weighted by atomic mass is 9.99. The lowest BCUT2D eigenvalue weighted by Crippen LogP contribution is -2.40. The van der Waals surface area contributed by atoms with E-state index in [-0.39, 0.29) is 6.10 Å². The van der Waals surface area contributed by atoms with E-state index in [1.165, 1.54) is 32.1 Å². The third-order valence-electron chi connectivity index (χ3n) is 4.63. The molecule has 0 aromatic heterocycles. The quantitative estimate of drug-likeness (QED) is 0.818. The maximum atomic E-state index is 10.0.